The molecule has 2 aromatic rings. The van der Waals surface area contributed by atoms with E-state index in [9.17, 15) is 0 Å². The number of rotatable bonds is 1. The van der Waals surface area contributed by atoms with Gasteiger partial charge in [0.25, 0.3) is 0 Å². The van der Waals surface area contributed by atoms with Gasteiger partial charge in [0, 0.05) is 17.1 Å². The van der Waals surface area contributed by atoms with Crippen LogP contribution in [0, 0.1) is 4.77 Å². The van der Waals surface area contributed by atoms with E-state index < -0.39 is 0 Å². The van der Waals surface area contributed by atoms with E-state index in [1.54, 1.807) is 0 Å². The van der Waals surface area contributed by atoms with Gasteiger partial charge in [-0.15, -0.1) is 0 Å². The molecule has 3 heteroatoms. The molecule has 0 spiro atoms. The second-order valence-electron chi connectivity index (χ2n) is 4.54. The van der Waals surface area contributed by atoms with Crippen LogP contribution in [0.15, 0.2) is 60.8 Å². The molecule has 2 heterocycles. The Morgan fingerprint density at radius 1 is 0.895 bits per heavy atom. The summed E-state index contributed by atoms with van der Waals surface area (Å²) in [6.07, 6.45) is 2.09. The van der Waals surface area contributed by atoms with Crippen LogP contribution in [0.4, 0.5) is 0 Å². The highest BCUT2D eigenvalue weighted by Gasteiger charge is 2.17. The van der Waals surface area contributed by atoms with Crippen molar-refractivity contribution in [1.29, 1.82) is 0 Å². The van der Waals surface area contributed by atoms with Crippen LogP contribution in [0.1, 0.15) is 0 Å². The fourth-order valence-corrected chi connectivity index (χ4v) is 2.82. The maximum Gasteiger partial charge on any atom is 0.204 e. The molecule has 0 saturated carbocycles. The number of benzene rings is 1. The number of aromatic nitrogens is 2. The van der Waals surface area contributed by atoms with E-state index in [-0.39, 0.29) is 0 Å². The second kappa shape index (κ2) is 3.87. The fourth-order valence-electron chi connectivity index (χ4n) is 2.57. The summed E-state index contributed by atoms with van der Waals surface area (Å²) in [5, 5.41) is 1.19. The number of nitrogens with zero attached hydrogens (tertiary/aromatic N) is 2. The Bertz CT molecular complexity index is 880. The smallest absolute Gasteiger partial charge is 0.204 e. The van der Waals surface area contributed by atoms with Crippen molar-refractivity contribution >= 4 is 17.6 Å². The first-order valence-corrected chi connectivity index (χ1v) is 6.54. The SMILES string of the molecule is S=c1nc2ccccc3c(-c4ccccc4)cn1c3-2. The molecule has 1 aliphatic heterocycles. The zero-order chi connectivity index (χ0) is 12.8. The molecule has 0 unspecified atom stereocenters. The molecule has 0 N–H and O–H groups in total. The lowest BCUT2D eigenvalue weighted by molar-refractivity contribution is 1.13. The molecule has 0 atom stereocenters. The lowest BCUT2D eigenvalue weighted by atomic mass is 10.1. The average Bonchev–Trinajstić information content (AvgIpc) is 2.87. The number of imidazole rings is 1. The summed E-state index contributed by atoms with van der Waals surface area (Å²) in [7, 11) is 0. The summed E-state index contributed by atoms with van der Waals surface area (Å²) >= 11 is 5.33. The van der Waals surface area contributed by atoms with Gasteiger partial charge in [-0.05, 0) is 23.8 Å². The Hall–Kier alpha value is -2.26. The third-order valence-electron chi connectivity index (χ3n) is 3.42. The van der Waals surface area contributed by atoms with E-state index in [0.29, 0.717) is 4.77 Å². The van der Waals surface area contributed by atoms with Crippen molar-refractivity contribution < 1.29 is 0 Å². The van der Waals surface area contributed by atoms with E-state index in [4.69, 9.17) is 12.2 Å². The van der Waals surface area contributed by atoms with Crippen molar-refractivity contribution in [3.63, 3.8) is 0 Å². The minimum Gasteiger partial charge on any atom is -0.289 e. The quantitative estimate of drug-likeness (QED) is 0.476. The van der Waals surface area contributed by atoms with E-state index in [1.807, 2.05) is 28.7 Å². The molecule has 4 rings (SSSR count). The zero-order valence-corrected chi connectivity index (χ0v) is 10.9. The standard InChI is InChI=1S/C16H10N2S/c19-16-17-14-9-5-4-8-12-13(10-18(16)15(12)14)11-6-2-1-3-7-11/h1-10H. The van der Waals surface area contributed by atoms with Crippen molar-refractivity contribution in [1.82, 2.24) is 9.38 Å². The van der Waals surface area contributed by atoms with Gasteiger partial charge in [-0.25, -0.2) is 4.98 Å². The van der Waals surface area contributed by atoms with Gasteiger partial charge >= 0.3 is 0 Å². The molecular formula is C16H10N2S. The van der Waals surface area contributed by atoms with Crippen LogP contribution in [0.25, 0.3) is 27.9 Å². The molecule has 0 saturated heterocycles. The molecule has 0 radical (unpaired) electrons. The van der Waals surface area contributed by atoms with Gasteiger partial charge in [-0.2, -0.15) is 0 Å². The monoisotopic (exact) mass is 262 g/mol. The molecule has 2 aliphatic rings. The molecule has 2 nitrogen and oxygen atoms in total. The van der Waals surface area contributed by atoms with Crippen LogP contribution in [0.3, 0.4) is 0 Å². The van der Waals surface area contributed by atoms with Gasteiger partial charge in [0.15, 0.2) is 0 Å². The Morgan fingerprint density at radius 2 is 1.63 bits per heavy atom. The van der Waals surface area contributed by atoms with Crippen molar-refractivity contribution in [2.45, 2.75) is 0 Å². The van der Waals surface area contributed by atoms with Crippen molar-refractivity contribution in [2.24, 2.45) is 0 Å². The molecule has 1 aromatic carbocycles. The fraction of sp³-hybridized carbons (Fsp3) is 0. The summed E-state index contributed by atoms with van der Waals surface area (Å²) in [5.41, 5.74) is 4.46. The summed E-state index contributed by atoms with van der Waals surface area (Å²) in [6.45, 7) is 0. The summed E-state index contributed by atoms with van der Waals surface area (Å²) in [5.74, 6) is 0. The minimum absolute atomic E-state index is 0.619. The van der Waals surface area contributed by atoms with Gasteiger partial charge < -0.3 is 0 Å². The lowest BCUT2D eigenvalue weighted by Crippen LogP contribution is -1.75. The molecule has 19 heavy (non-hydrogen) atoms. The first-order chi connectivity index (χ1) is 9.34. The van der Waals surface area contributed by atoms with Crippen LogP contribution >= 0.6 is 12.2 Å². The lowest BCUT2D eigenvalue weighted by Gasteiger charge is -1.98. The summed E-state index contributed by atoms with van der Waals surface area (Å²) < 4.78 is 2.62. The van der Waals surface area contributed by atoms with Gasteiger partial charge in [0.2, 0.25) is 4.77 Å². The first-order valence-electron chi connectivity index (χ1n) is 6.13. The van der Waals surface area contributed by atoms with E-state index in [1.165, 1.54) is 16.5 Å². The first kappa shape index (κ1) is 10.6. The van der Waals surface area contributed by atoms with Crippen LogP contribution < -0.4 is 0 Å². The van der Waals surface area contributed by atoms with Crippen molar-refractivity contribution in [2.75, 3.05) is 0 Å². The predicted molar refractivity (Wildman–Crippen MR) is 79.3 cm³/mol. The van der Waals surface area contributed by atoms with E-state index in [2.05, 4.69) is 41.5 Å². The molecule has 0 fully saturated rings. The van der Waals surface area contributed by atoms with Crippen LogP contribution in [-0.2, 0) is 0 Å². The highest BCUT2D eigenvalue weighted by molar-refractivity contribution is 7.71. The average molecular weight is 262 g/mol. The van der Waals surface area contributed by atoms with Gasteiger partial charge in [-0.1, -0.05) is 48.5 Å². The number of hydrogen-bond acceptors (Lipinski definition) is 2. The maximum atomic E-state index is 5.33. The number of hydrogen-bond donors (Lipinski definition) is 0. The van der Waals surface area contributed by atoms with E-state index >= 15 is 0 Å². The van der Waals surface area contributed by atoms with Crippen LogP contribution in [0.2, 0.25) is 0 Å². The molecule has 1 aromatic heterocycles. The molecule has 0 amide bonds. The molecule has 1 aliphatic carbocycles. The highest BCUT2D eigenvalue weighted by Crippen LogP contribution is 2.35. The third-order valence-corrected chi connectivity index (χ3v) is 3.71. The largest absolute Gasteiger partial charge is 0.289 e. The topological polar surface area (TPSA) is 17.3 Å². The summed E-state index contributed by atoms with van der Waals surface area (Å²) in [6, 6.07) is 18.6. The predicted octanol–water partition coefficient (Wildman–Crippen LogP) is 4.27. The van der Waals surface area contributed by atoms with Gasteiger partial charge in [0.1, 0.15) is 0 Å². The molecule has 0 bridgehead atoms. The zero-order valence-electron chi connectivity index (χ0n) is 10.1. The Morgan fingerprint density at radius 3 is 2.47 bits per heavy atom. The van der Waals surface area contributed by atoms with Crippen molar-refractivity contribution in [3.8, 4) is 22.5 Å². The summed E-state index contributed by atoms with van der Waals surface area (Å²) in [4.78, 5) is 4.43. The minimum atomic E-state index is 0.619. The van der Waals surface area contributed by atoms with Gasteiger partial charge in [-0.3, -0.25) is 4.40 Å². The highest BCUT2D eigenvalue weighted by atomic mass is 32.1. The molecule has 90 valence electrons. The Balaban J connectivity index is 2.17. The van der Waals surface area contributed by atoms with E-state index in [0.717, 1.165) is 11.4 Å². The maximum absolute atomic E-state index is 5.33. The normalized spacial score (nSPS) is 11.4. The Labute approximate surface area is 115 Å². The van der Waals surface area contributed by atoms with Crippen molar-refractivity contribution in [3.05, 3.63) is 65.6 Å². The Kier molecular flexibility index (Phi) is 2.17. The van der Waals surface area contributed by atoms with Crippen LogP contribution in [-0.4, -0.2) is 9.38 Å². The van der Waals surface area contributed by atoms with Gasteiger partial charge in [0.05, 0.1) is 11.4 Å². The molecular weight excluding hydrogens is 252 g/mol. The van der Waals surface area contributed by atoms with Crippen LogP contribution in [0.5, 0.6) is 0 Å². The second-order valence-corrected chi connectivity index (χ2v) is 4.90. The third kappa shape index (κ3) is 1.48.